The summed E-state index contributed by atoms with van der Waals surface area (Å²) in [4.78, 5) is 0. The van der Waals surface area contributed by atoms with Crippen LogP contribution in [0.4, 0.5) is 0 Å². The van der Waals surface area contributed by atoms with E-state index in [9.17, 15) is 5.11 Å². The molecule has 1 rings (SSSR count). The minimum absolute atomic E-state index is 0.245. The lowest BCUT2D eigenvalue weighted by molar-refractivity contribution is 0.105. The number of hydrogen-bond acceptors (Lipinski definition) is 4. The van der Waals surface area contributed by atoms with Crippen LogP contribution in [-0.4, -0.2) is 30.9 Å². The molecule has 20 heavy (non-hydrogen) atoms. The van der Waals surface area contributed by atoms with E-state index in [1.54, 1.807) is 24.3 Å². The summed E-state index contributed by atoms with van der Waals surface area (Å²) < 4.78 is 5.47. The molecule has 0 aliphatic carbocycles. The van der Waals surface area contributed by atoms with Crippen LogP contribution in [0.25, 0.3) is 0 Å². The first-order valence-electron chi connectivity index (χ1n) is 7.04. The molecule has 1 aromatic carbocycles. The van der Waals surface area contributed by atoms with Gasteiger partial charge in [-0.3, -0.25) is 0 Å². The SMILES string of the molecule is CC(C)C(C)CNCC(O)COc1ccc(C#N)cc1. The Morgan fingerprint density at radius 3 is 2.40 bits per heavy atom. The van der Waals surface area contributed by atoms with E-state index in [2.05, 4.69) is 32.2 Å². The monoisotopic (exact) mass is 276 g/mol. The van der Waals surface area contributed by atoms with Gasteiger partial charge in [0.05, 0.1) is 11.6 Å². The summed E-state index contributed by atoms with van der Waals surface area (Å²) in [5.41, 5.74) is 0.599. The van der Waals surface area contributed by atoms with Crippen molar-refractivity contribution in [2.45, 2.75) is 26.9 Å². The smallest absolute Gasteiger partial charge is 0.119 e. The van der Waals surface area contributed by atoms with Gasteiger partial charge in [0.25, 0.3) is 0 Å². The fourth-order valence-electron chi connectivity index (χ4n) is 1.59. The summed E-state index contributed by atoms with van der Waals surface area (Å²) in [6.45, 7) is 8.23. The van der Waals surface area contributed by atoms with Crippen molar-refractivity contribution in [3.8, 4) is 11.8 Å². The van der Waals surface area contributed by atoms with E-state index in [0.29, 0.717) is 29.7 Å². The van der Waals surface area contributed by atoms with E-state index in [1.807, 2.05) is 0 Å². The molecule has 0 aliphatic rings. The van der Waals surface area contributed by atoms with Gasteiger partial charge in [-0.15, -0.1) is 0 Å². The molecule has 0 saturated carbocycles. The molecule has 2 N–H and O–H groups in total. The van der Waals surface area contributed by atoms with Crippen molar-refractivity contribution in [3.05, 3.63) is 29.8 Å². The molecule has 1 aromatic rings. The van der Waals surface area contributed by atoms with Gasteiger partial charge in [-0.05, 0) is 42.6 Å². The van der Waals surface area contributed by atoms with Crippen LogP contribution in [0.5, 0.6) is 5.75 Å². The maximum atomic E-state index is 9.82. The van der Waals surface area contributed by atoms with E-state index >= 15 is 0 Å². The summed E-state index contributed by atoms with van der Waals surface area (Å²) in [6.07, 6.45) is -0.537. The Labute approximate surface area is 121 Å². The highest BCUT2D eigenvalue weighted by atomic mass is 16.5. The lowest BCUT2D eigenvalue weighted by Crippen LogP contribution is -2.34. The van der Waals surface area contributed by atoms with Crippen LogP contribution in [0, 0.1) is 23.2 Å². The van der Waals surface area contributed by atoms with Gasteiger partial charge < -0.3 is 15.2 Å². The molecule has 0 spiro atoms. The first kappa shape index (κ1) is 16.5. The Morgan fingerprint density at radius 2 is 1.85 bits per heavy atom. The van der Waals surface area contributed by atoms with Crippen LogP contribution >= 0.6 is 0 Å². The third-order valence-corrected chi connectivity index (χ3v) is 3.41. The van der Waals surface area contributed by atoms with Crippen molar-refractivity contribution >= 4 is 0 Å². The standard InChI is InChI=1S/C16H24N2O2/c1-12(2)13(3)9-18-10-15(19)11-20-16-6-4-14(8-17)5-7-16/h4-7,12-13,15,18-19H,9-11H2,1-3H3. The predicted octanol–water partition coefficient (Wildman–Crippen LogP) is 2.18. The van der Waals surface area contributed by atoms with E-state index in [4.69, 9.17) is 10.00 Å². The van der Waals surface area contributed by atoms with Crippen molar-refractivity contribution in [3.63, 3.8) is 0 Å². The van der Waals surface area contributed by atoms with E-state index in [0.717, 1.165) is 6.54 Å². The molecule has 0 bridgehead atoms. The molecule has 0 amide bonds. The van der Waals surface area contributed by atoms with Gasteiger partial charge in [0.1, 0.15) is 18.5 Å². The highest BCUT2D eigenvalue weighted by molar-refractivity contribution is 5.34. The molecular formula is C16H24N2O2. The molecule has 4 nitrogen and oxygen atoms in total. The van der Waals surface area contributed by atoms with Crippen molar-refractivity contribution < 1.29 is 9.84 Å². The summed E-state index contributed by atoms with van der Waals surface area (Å²) >= 11 is 0. The summed E-state index contributed by atoms with van der Waals surface area (Å²) in [7, 11) is 0. The Bertz CT molecular complexity index is 423. The number of benzene rings is 1. The second-order valence-electron chi connectivity index (χ2n) is 5.48. The fraction of sp³-hybridized carbons (Fsp3) is 0.562. The number of nitrogens with zero attached hydrogens (tertiary/aromatic N) is 1. The number of hydrogen-bond donors (Lipinski definition) is 2. The first-order chi connectivity index (χ1) is 9.52. The lowest BCUT2D eigenvalue weighted by Gasteiger charge is -2.18. The molecule has 0 fully saturated rings. The number of ether oxygens (including phenoxy) is 1. The normalized spacial score (nSPS) is 13.8. The topological polar surface area (TPSA) is 65.3 Å². The molecule has 0 aliphatic heterocycles. The van der Waals surface area contributed by atoms with Crippen LogP contribution in [-0.2, 0) is 0 Å². The second kappa shape index (κ2) is 8.57. The fourth-order valence-corrected chi connectivity index (χ4v) is 1.59. The Hall–Kier alpha value is -1.57. The number of aliphatic hydroxyl groups excluding tert-OH is 1. The Balaban J connectivity index is 2.22. The lowest BCUT2D eigenvalue weighted by atomic mass is 9.98. The molecular weight excluding hydrogens is 252 g/mol. The third-order valence-electron chi connectivity index (χ3n) is 3.41. The average Bonchev–Trinajstić information content (AvgIpc) is 2.45. The van der Waals surface area contributed by atoms with Gasteiger partial charge in [-0.2, -0.15) is 5.26 Å². The molecule has 4 heteroatoms. The van der Waals surface area contributed by atoms with Crippen molar-refractivity contribution in [2.24, 2.45) is 11.8 Å². The highest BCUT2D eigenvalue weighted by Crippen LogP contribution is 2.11. The zero-order valence-corrected chi connectivity index (χ0v) is 12.5. The van der Waals surface area contributed by atoms with Crippen molar-refractivity contribution in [1.82, 2.24) is 5.32 Å². The second-order valence-corrected chi connectivity index (χ2v) is 5.48. The molecule has 0 heterocycles. The Kier molecular flexibility index (Phi) is 7.06. The largest absolute Gasteiger partial charge is 0.491 e. The maximum Gasteiger partial charge on any atom is 0.119 e. The Morgan fingerprint density at radius 1 is 1.20 bits per heavy atom. The molecule has 110 valence electrons. The number of rotatable bonds is 8. The van der Waals surface area contributed by atoms with Crippen LogP contribution in [0.2, 0.25) is 0 Å². The van der Waals surface area contributed by atoms with E-state index in [-0.39, 0.29) is 6.61 Å². The van der Waals surface area contributed by atoms with E-state index < -0.39 is 6.10 Å². The zero-order valence-electron chi connectivity index (χ0n) is 12.5. The summed E-state index contributed by atoms with van der Waals surface area (Å²) in [5, 5.41) is 21.8. The number of nitriles is 1. The third kappa shape index (κ3) is 6.05. The van der Waals surface area contributed by atoms with Crippen molar-refractivity contribution in [2.75, 3.05) is 19.7 Å². The van der Waals surface area contributed by atoms with Gasteiger partial charge in [0.15, 0.2) is 0 Å². The number of aliphatic hydroxyl groups is 1. The van der Waals surface area contributed by atoms with Crippen molar-refractivity contribution in [1.29, 1.82) is 5.26 Å². The molecule has 0 aromatic heterocycles. The average molecular weight is 276 g/mol. The first-order valence-corrected chi connectivity index (χ1v) is 7.04. The maximum absolute atomic E-state index is 9.82. The van der Waals surface area contributed by atoms with Crippen LogP contribution in [0.15, 0.2) is 24.3 Å². The summed E-state index contributed by atoms with van der Waals surface area (Å²) in [6, 6.07) is 8.92. The quantitative estimate of drug-likeness (QED) is 0.764. The highest BCUT2D eigenvalue weighted by Gasteiger charge is 2.09. The molecule has 2 unspecified atom stereocenters. The molecule has 0 saturated heterocycles. The van der Waals surface area contributed by atoms with Gasteiger partial charge in [-0.1, -0.05) is 20.8 Å². The van der Waals surface area contributed by atoms with Gasteiger partial charge in [0, 0.05) is 6.54 Å². The molecule has 2 atom stereocenters. The van der Waals surface area contributed by atoms with Gasteiger partial charge in [0.2, 0.25) is 0 Å². The summed E-state index contributed by atoms with van der Waals surface area (Å²) in [5.74, 6) is 1.88. The minimum Gasteiger partial charge on any atom is -0.491 e. The minimum atomic E-state index is -0.537. The van der Waals surface area contributed by atoms with Gasteiger partial charge in [-0.25, -0.2) is 0 Å². The van der Waals surface area contributed by atoms with Crippen LogP contribution in [0.1, 0.15) is 26.3 Å². The predicted molar refractivity (Wildman–Crippen MR) is 79.5 cm³/mol. The van der Waals surface area contributed by atoms with Crippen LogP contribution in [0.3, 0.4) is 0 Å². The zero-order chi connectivity index (χ0) is 15.0. The van der Waals surface area contributed by atoms with Gasteiger partial charge >= 0.3 is 0 Å². The van der Waals surface area contributed by atoms with E-state index in [1.165, 1.54) is 0 Å². The number of nitrogens with one attached hydrogen (secondary N) is 1. The molecule has 0 radical (unpaired) electrons. The van der Waals surface area contributed by atoms with Crippen LogP contribution < -0.4 is 10.1 Å².